The van der Waals surface area contributed by atoms with Gasteiger partial charge in [0.25, 0.3) is 5.91 Å². The van der Waals surface area contributed by atoms with Crippen LogP contribution in [0.15, 0.2) is 42.0 Å². The molecule has 1 saturated heterocycles. The highest BCUT2D eigenvalue weighted by atomic mass is 19.3. The number of alkyl halides is 3. The molecule has 2 atom stereocenters. The minimum atomic E-state index is -2.85. The van der Waals surface area contributed by atoms with Crippen LogP contribution in [-0.4, -0.2) is 54.2 Å². The van der Waals surface area contributed by atoms with Crippen molar-refractivity contribution in [2.75, 3.05) is 26.3 Å². The Morgan fingerprint density at radius 3 is 2.52 bits per heavy atom. The molecule has 4 nitrogen and oxygen atoms in total. The molecule has 31 heavy (non-hydrogen) atoms. The second-order valence-corrected chi connectivity index (χ2v) is 8.99. The molecule has 2 fully saturated rings. The van der Waals surface area contributed by atoms with Crippen molar-refractivity contribution < 1.29 is 23.1 Å². The normalized spacial score (nSPS) is 24.7. The maximum absolute atomic E-state index is 13.9. The van der Waals surface area contributed by atoms with Gasteiger partial charge in [0.1, 0.15) is 6.67 Å². The molecule has 1 aromatic carbocycles. The fourth-order valence-corrected chi connectivity index (χ4v) is 4.70. The van der Waals surface area contributed by atoms with Crippen LogP contribution in [0.25, 0.3) is 0 Å². The van der Waals surface area contributed by atoms with Gasteiger partial charge >= 0.3 is 0 Å². The molecule has 1 saturated carbocycles. The summed E-state index contributed by atoms with van der Waals surface area (Å²) in [6.07, 6.45) is 3.45. The summed E-state index contributed by atoms with van der Waals surface area (Å²) < 4.78 is 40.3. The van der Waals surface area contributed by atoms with Crippen molar-refractivity contribution in [3.63, 3.8) is 0 Å². The van der Waals surface area contributed by atoms with Crippen molar-refractivity contribution in [2.24, 2.45) is 5.92 Å². The van der Waals surface area contributed by atoms with Crippen molar-refractivity contribution in [1.29, 1.82) is 0 Å². The fraction of sp³-hybridized carbons (Fsp3) is 0.625. The molecule has 1 heterocycles. The van der Waals surface area contributed by atoms with Crippen LogP contribution in [0.3, 0.4) is 0 Å². The van der Waals surface area contributed by atoms with Crippen LogP contribution < -0.4 is 5.32 Å². The van der Waals surface area contributed by atoms with Crippen LogP contribution in [0.1, 0.15) is 51.0 Å². The van der Waals surface area contributed by atoms with E-state index in [0.717, 1.165) is 44.5 Å². The molecule has 2 N–H and O–H groups in total. The molecular formula is C24H33F3N2O2. The highest BCUT2D eigenvalue weighted by molar-refractivity contribution is 5.87. The molecule has 0 aromatic heterocycles. The van der Waals surface area contributed by atoms with E-state index in [4.69, 9.17) is 0 Å². The Morgan fingerprint density at radius 1 is 1.26 bits per heavy atom. The number of carbonyl (C=O) groups excluding carboxylic acids is 1. The zero-order chi connectivity index (χ0) is 22.5. The maximum Gasteiger partial charge on any atom is 0.257 e. The Balaban J connectivity index is 1.62. The molecule has 1 aromatic rings. The predicted octanol–water partition coefficient (Wildman–Crippen LogP) is 4.20. The molecule has 1 aliphatic carbocycles. The molecule has 1 aliphatic heterocycles. The minimum absolute atomic E-state index is 0.107. The summed E-state index contributed by atoms with van der Waals surface area (Å²) in [6, 6.07) is 8.34. The number of nitrogens with zero attached hydrogens (tertiary/aromatic N) is 1. The van der Waals surface area contributed by atoms with E-state index in [2.05, 4.69) is 10.2 Å². The van der Waals surface area contributed by atoms with E-state index in [1.54, 1.807) is 37.3 Å². The first-order chi connectivity index (χ1) is 14.7. The molecule has 3 rings (SSSR count). The van der Waals surface area contributed by atoms with Crippen molar-refractivity contribution in [3.05, 3.63) is 47.5 Å². The van der Waals surface area contributed by atoms with Crippen LogP contribution in [0.5, 0.6) is 0 Å². The number of hydrogen-bond donors (Lipinski definition) is 2. The number of piperidine rings is 1. The third-order valence-electron chi connectivity index (χ3n) is 6.63. The number of allylic oxidation sites excluding steroid dienone is 1. The number of likely N-dealkylation sites (tertiary alicyclic amines) is 1. The maximum atomic E-state index is 13.9. The van der Waals surface area contributed by atoms with Crippen molar-refractivity contribution >= 4 is 5.91 Å². The zero-order valence-electron chi connectivity index (χ0n) is 18.1. The van der Waals surface area contributed by atoms with Gasteiger partial charge in [-0.3, -0.25) is 4.79 Å². The number of benzene rings is 1. The zero-order valence-corrected chi connectivity index (χ0v) is 18.1. The molecule has 0 spiro atoms. The SMILES string of the molecule is CC(=CCCN1CCC(NC(=O)[C@](O)(c2ccccc2)[C@@H]2CCC(F)(F)C2)CC1)CF. The van der Waals surface area contributed by atoms with E-state index in [9.17, 15) is 23.1 Å². The number of hydrogen-bond acceptors (Lipinski definition) is 3. The topological polar surface area (TPSA) is 52.6 Å². The van der Waals surface area contributed by atoms with Gasteiger partial charge in [0.2, 0.25) is 5.92 Å². The van der Waals surface area contributed by atoms with E-state index in [-0.39, 0.29) is 18.9 Å². The van der Waals surface area contributed by atoms with Crippen LogP contribution in [0.4, 0.5) is 13.2 Å². The van der Waals surface area contributed by atoms with Crippen LogP contribution in [0.2, 0.25) is 0 Å². The van der Waals surface area contributed by atoms with E-state index < -0.39 is 36.4 Å². The molecule has 0 bridgehead atoms. The van der Waals surface area contributed by atoms with Crippen LogP contribution in [-0.2, 0) is 10.4 Å². The third-order valence-corrected chi connectivity index (χ3v) is 6.63. The summed E-state index contributed by atoms with van der Waals surface area (Å²) in [4.78, 5) is 15.5. The van der Waals surface area contributed by atoms with Gasteiger partial charge in [-0.2, -0.15) is 0 Å². The molecule has 0 unspecified atom stereocenters. The Labute approximate surface area is 182 Å². The molecule has 0 radical (unpaired) electrons. The first-order valence-electron chi connectivity index (χ1n) is 11.2. The predicted molar refractivity (Wildman–Crippen MR) is 115 cm³/mol. The van der Waals surface area contributed by atoms with Gasteiger partial charge in [-0.25, -0.2) is 13.2 Å². The summed E-state index contributed by atoms with van der Waals surface area (Å²) in [5.41, 5.74) is -0.866. The Morgan fingerprint density at radius 2 is 1.94 bits per heavy atom. The molecule has 1 amide bonds. The van der Waals surface area contributed by atoms with E-state index in [0.29, 0.717) is 5.56 Å². The third kappa shape index (κ3) is 5.89. The standard InChI is InChI=1S/C24H33F3N2O2/c1-18(17-25)6-5-13-29-14-10-21(11-15-29)28-22(30)24(31,19-7-3-2-4-8-19)20-9-12-23(26,27)16-20/h2-4,6-8,20-21,31H,5,9-17H2,1H3,(H,28,30)/t20-,24+/m1/s1. The Bertz CT molecular complexity index is 763. The number of rotatable bonds is 8. The second-order valence-electron chi connectivity index (χ2n) is 8.99. The van der Waals surface area contributed by atoms with Crippen molar-refractivity contribution in [1.82, 2.24) is 10.2 Å². The average molecular weight is 439 g/mol. The lowest BCUT2D eigenvalue weighted by Gasteiger charge is -2.37. The van der Waals surface area contributed by atoms with Crippen molar-refractivity contribution in [2.45, 2.75) is 63.0 Å². The first-order valence-corrected chi connectivity index (χ1v) is 11.2. The largest absolute Gasteiger partial charge is 0.375 e. The highest BCUT2D eigenvalue weighted by Gasteiger charge is 2.53. The number of carbonyl (C=O) groups is 1. The monoisotopic (exact) mass is 438 g/mol. The van der Waals surface area contributed by atoms with Gasteiger partial charge in [0.15, 0.2) is 5.60 Å². The summed E-state index contributed by atoms with van der Waals surface area (Å²) in [7, 11) is 0. The number of nitrogens with one attached hydrogen (secondary N) is 1. The van der Waals surface area contributed by atoms with Gasteiger partial charge < -0.3 is 15.3 Å². The molecule has 172 valence electrons. The highest BCUT2D eigenvalue weighted by Crippen LogP contribution is 2.47. The average Bonchev–Trinajstić information content (AvgIpc) is 3.14. The Kier molecular flexibility index (Phi) is 7.81. The van der Waals surface area contributed by atoms with Gasteiger partial charge in [-0.15, -0.1) is 0 Å². The minimum Gasteiger partial charge on any atom is -0.375 e. The smallest absolute Gasteiger partial charge is 0.257 e. The van der Waals surface area contributed by atoms with E-state index in [1.165, 1.54) is 0 Å². The lowest BCUT2D eigenvalue weighted by atomic mass is 9.79. The van der Waals surface area contributed by atoms with Crippen LogP contribution >= 0.6 is 0 Å². The summed E-state index contributed by atoms with van der Waals surface area (Å²) >= 11 is 0. The number of amides is 1. The Hall–Kier alpha value is -1.86. The summed E-state index contributed by atoms with van der Waals surface area (Å²) in [5, 5.41) is 14.4. The van der Waals surface area contributed by atoms with Gasteiger partial charge in [0, 0.05) is 44.4 Å². The quantitative estimate of drug-likeness (QED) is 0.599. The summed E-state index contributed by atoms with van der Waals surface area (Å²) in [6.45, 7) is 3.77. The first kappa shape index (κ1) is 23.8. The van der Waals surface area contributed by atoms with E-state index in [1.807, 2.05) is 6.08 Å². The van der Waals surface area contributed by atoms with E-state index >= 15 is 0 Å². The lowest BCUT2D eigenvalue weighted by Crippen LogP contribution is -2.54. The van der Waals surface area contributed by atoms with Gasteiger partial charge in [0.05, 0.1) is 0 Å². The number of aliphatic hydroxyl groups is 1. The molecular weight excluding hydrogens is 405 g/mol. The van der Waals surface area contributed by atoms with Crippen LogP contribution in [0, 0.1) is 5.92 Å². The fourth-order valence-electron chi connectivity index (χ4n) is 4.70. The summed E-state index contributed by atoms with van der Waals surface area (Å²) in [5.74, 6) is -4.26. The van der Waals surface area contributed by atoms with Gasteiger partial charge in [-0.1, -0.05) is 36.4 Å². The van der Waals surface area contributed by atoms with Gasteiger partial charge in [-0.05, 0) is 43.7 Å². The lowest BCUT2D eigenvalue weighted by molar-refractivity contribution is -0.149. The molecule has 2 aliphatic rings. The molecule has 7 heteroatoms. The second kappa shape index (κ2) is 10.2. The van der Waals surface area contributed by atoms with Crippen molar-refractivity contribution in [3.8, 4) is 0 Å². The number of halogens is 3.